The average molecular weight is 250 g/mol. The number of hydrogen-bond donors (Lipinski definition) is 2. The standard InChI is InChI=1S/C10H14N6O2/c1-6-4-7(17-3)13-9(12-6)14-10-16-15-8(18-10)5-11-2/h4,11H,5H2,1-3H3,(H,12,13,14,16). The Morgan fingerprint density at radius 1 is 1.33 bits per heavy atom. The van der Waals surface area contributed by atoms with Crippen molar-refractivity contribution in [1.29, 1.82) is 0 Å². The predicted molar refractivity (Wildman–Crippen MR) is 63.7 cm³/mol. The molecule has 2 rings (SSSR count). The predicted octanol–water partition coefficient (Wildman–Crippen LogP) is 0.640. The fourth-order valence-corrected chi connectivity index (χ4v) is 1.32. The lowest BCUT2D eigenvalue weighted by atomic mass is 10.4. The minimum atomic E-state index is 0.243. The SMILES string of the molecule is CNCc1nnc(Nc2nc(C)cc(OC)n2)o1. The molecule has 2 heterocycles. The van der Waals surface area contributed by atoms with Crippen molar-refractivity contribution in [3.63, 3.8) is 0 Å². The first-order valence-electron chi connectivity index (χ1n) is 5.35. The van der Waals surface area contributed by atoms with E-state index in [0.717, 1.165) is 5.69 Å². The van der Waals surface area contributed by atoms with E-state index in [1.54, 1.807) is 20.2 Å². The molecule has 0 fully saturated rings. The van der Waals surface area contributed by atoms with E-state index in [1.807, 2.05) is 6.92 Å². The van der Waals surface area contributed by atoms with Crippen LogP contribution in [0.25, 0.3) is 0 Å². The van der Waals surface area contributed by atoms with Crippen molar-refractivity contribution in [2.45, 2.75) is 13.5 Å². The molecule has 2 N–H and O–H groups in total. The average Bonchev–Trinajstić information content (AvgIpc) is 2.76. The highest BCUT2D eigenvalue weighted by Crippen LogP contribution is 2.15. The molecule has 2 aromatic heterocycles. The van der Waals surface area contributed by atoms with Gasteiger partial charge in [-0.3, -0.25) is 5.32 Å². The Bertz CT molecular complexity index is 527. The number of nitrogens with zero attached hydrogens (tertiary/aromatic N) is 4. The lowest BCUT2D eigenvalue weighted by Gasteiger charge is -2.03. The summed E-state index contributed by atoms with van der Waals surface area (Å²) in [4.78, 5) is 8.30. The topological polar surface area (TPSA) is 98.0 Å². The Morgan fingerprint density at radius 2 is 2.17 bits per heavy atom. The molecule has 0 amide bonds. The molecule has 0 unspecified atom stereocenters. The van der Waals surface area contributed by atoms with Gasteiger partial charge in [0.15, 0.2) is 0 Å². The van der Waals surface area contributed by atoms with Gasteiger partial charge in [0.1, 0.15) is 0 Å². The fraction of sp³-hybridized carbons (Fsp3) is 0.400. The Balaban J connectivity index is 2.14. The molecular formula is C10H14N6O2. The van der Waals surface area contributed by atoms with Crippen LogP contribution in [0.15, 0.2) is 10.5 Å². The summed E-state index contributed by atoms with van der Waals surface area (Å²) in [7, 11) is 3.34. The molecule has 2 aromatic rings. The molecule has 0 spiro atoms. The number of methoxy groups -OCH3 is 1. The van der Waals surface area contributed by atoms with Crippen LogP contribution in [-0.4, -0.2) is 34.3 Å². The van der Waals surface area contributed by atoms with Crippen molar-refractivity contribution in [3.8, 4) is 5.88 Å². The molecule has 0 bridgehead atoms. The molecule has 0 saturated carbocycles. The maximum atomic E-state index is 5.32. The third-order valence-electron chi connectivity index (χ3n) is 2.05. The summed E-state index contributed by atoms with van der Waals surface area (Å²) in [5.41, 5.74) is 0.777. The first-order valence-corrected chi connectivity index (χ1v) is 5.35. The van der Waals surface area contributed by atoms with E-state index in [9.17, 15) is 0 Å². The smallest absolute Gasteiger partial charge is 0.322 e. The van der Waals surface area contributed by atoms with Crippen LogP contribution in [0.3, 0.4) is 0 Å². The van der Waals surface area contributed by atoms with Crippen molar-refractivity contribution in [2.24, 2.45) is 0 Å². The second kappa shape index (κ2) is 5.41. The number of nitrogens with one attached hydrogen (secondary N) is 2. The number of aryl methyl sites for hydroxylation is 1. The van der Waals surface area contributed by atoms with Crippen LogP contribution in [0.2, 0.25) is 0 Å². The van der Waals surface area contributed by atoms with Crippen LogP contribution >= 0.6 is 0 Å². The summed E-state index contributed by atoms with van der Waals surface area (Å²) >= 11 is 0. The number of hydrogen-bond acceptors (Lipinski definition) is 8. The summed E-state index contributed by atoms with van der Waals surface area (Å²) in [5.74, 6) is 1.31. The van der Waals surface area contributed by atoms with E-state index in [2.05, 4.69) is 30.8 Å². The summed E-state index contributed by atoms with van der Waals surface area (Å²) in [5, 5.41) is 13.4. The second-order valence-corrected chi connectivity index (χ2v) is 3.53. The van der Waals surface area contributed by atoms with Gasteiger partial charge in [-0.15, -0.1) is 5.10 Å². The van der Waals surface area contributed by atoms with Gasteiger partial charge < -0.3 is 14.5 Å². The van der Waals surface area contributed by atoms with Gasteiger partial charge in [0, 0.05) is 11.8 Å². The first kappa shape index (κ1) is 12.2. The van der Waals surface area contributed by atoms with E-state index in [0.29, 0.717) is 24.3 Å². The second-order valence-electron chi connectivity index (χ2n) is 3.53. The molecule has 0 aromatic carbocycles. The first-order chi connectivity index (χ1) is 8.71. The highest BCUT2D eigenvalue weighted by Gasteiger charge is 2.08. The normalized spacial score (nSPS) is 10.4. The molecule has 96 valence electrons. The molecule has 0 radical (unpaired) electrons. The van der Waals surface area contributed by atoms with Gasteiger partial charge in [-0.1, -0.05) is 5.10 Å². The van der Waals surface area contributed by atoms with Gasteiger partial charge in [0.05, 0.1) is 13.7 Å². The molecular weight excluding hydrogens is 236 g/mol. The lowest BCUT2D eigenvalue weighted by molar-refractivity contribution is 0.397. The largest absolute Gasteiger partial charge is 0.481 e. The van der Waals surface area contributed by atoms with E-state index < -0.39 is 0 Å². The zero-order valence-corrected chi connectivity index (χ0v) is 10.4. The van der Waals surface area contributed by atoms with Crippen LogP contribution in [-0.2, 0) is 6.54 Å². The third kappa shape index (κ3) is 2.92. The highest BCUT2D eigenvalue weighted by atomic mass is 16.5. The van der Waals surface area contributed by atoms with Gasteiger partial charge in [-0.2, -0.15) is 4.98 Å². The molecule has 18 heavy (non-hydrogen) atoms. The van der Waals surface area contributed by atoms with E-state index in [-0.39, 0.29) is 6.01 Å². The molecule has 0 aliphatic rings. The maximum Gasteiger partial charge on any atom is 0.322 e. The maximum absolute atomic E-state index is 5.32. The van der Waals surface area contributed by atoms with E-state index in [4.69, 9.17) is 9.15 Å². The Morgan fingerprint density at radius 3 is 2.89 bits per heavy atom. The quantitative estimate of drug-likeness (QED) is 0.797. The van der Waals surface area contributed by atoms with Crippen LogP contribution in [0, 0.1) is 6.92 Å². The molecule has 0 saturated heterocycles. The number of aromatic nitrogens is 4. The minimum Gasteiger partial charge on any atom is -0.481 e. The number of rotatable bonds is 5. The Kier molecular flexibility index (Phi) is 3.68. The molecule has 0 atom stereocenters. The summed E-state index contributed by atoms with van der Waals surface area (Å²) in [6, 6.07) is 1.97. The Hall–Kier alpha value is -2.22. The highest BCUT2D eigenvalue weighted by molar-refractivity contribution is 5.41. The van der Waals surface area contributed by atoms with Gasteiger partial charge in [0.25, 0.3) is 0 Å². The van der Waals surface area contributed by atoms with Crippen LogP contribution in [0.1, 0.15) is 11.6 Å². The minimum absolute atomic E-state index is 0.243. The monoisotopic (exact) mass is 250 g/mol. The van der Waals surface area contributed by atoms with Crippen LogP contribution in [0.5, 0.6) is 5.88 Å². The molecule has 8 nitrogen and oxygen atoms in total. The summed E-state index contributed by atoms with van der Waals surface area (Å²) < 4.78 is 10.4. The summed E-state index contributed by atoms with van der Waals surface area (Å²) in [6.07, 6.45) is 0. The molecule has 0 aliphatic heterocycles. The molecule has 8 heteroatoms. The van der Waals surface area contributed by atoms with E-state index >= 15 is 0 Å². The van der Waals surface area contributed by atoms with Crippen molar-refractivity contribution in [3.05, 3.63) is 17.7 Å². The third-order valence-corrected chi connectivity index (χ3v) is 2.05. The van der Waals surface area contributed by atoms with Gasteiger partial charge in [0.2, 0.25) is 17.7 Å². The number of anilines is 2. The van der Waals surface area contributed by atoms with Crippen molar-refractivity contribution >= 4 is 12.0 Å². The van der Waals surface area contributed by atoms with Gasteiger partial charge in [-0.05, 0) is 14.0 Å². The van der Waals surface area contributed by atoms with E-state index in [1.165, 1.54) is 0 Å². The van der Waals surface area contributed by atoms with Crippen molar-refractivity contribution < 1.29 is 9.15 Å². The zero-order chi connectivity index (χ0) is 13.0. The summed E-state index contributed by atoms with van der Waals surface area (Å²) in [6.45, 7) is 2.35. The van der Waals surface area contributed by atoms with Crippen molar-refractivity contribution in [2.75, 3.05) is 19.5 Å². The van der Waals surface area contributed by atoms with Gasteiger partial charge in [-0.25, -0.2) is 4.98 Å². The van der Waals surface area contributed by atoms with Crippen molar-refractivity contribution in [1.82, 2.24) is 25.5 Å². The van der Waals surface area contributed by atoms with Gasteiger partial charge >= 0.3 is 6.01 Å². The Labute approximate surface area is 104 Å². The zero-order valence-electron chi connectivity index (χ0n) is 10.4. The number of ether oxygens (including phenoxy) is 1. The lowest BCUT2D eigenvalue weighted by Crippen LogP contribution is -2.04. The van der Waals surface area contributed by atoms with Crippen LogP contribution in [0.4, 0.5) is 12.0 Å². The van der Waals surface area contributed by atoms with Crippen LogP contribution < -0.4 is 15.4 Å². The fourth-order valence-electron chi connectivity index (χ4n) is 1.32. The molecule has 0 aliphatic carbocycles.